The fourth-order valence-electron chi connectivity index (χ4n) is 3.29. The first-order valence-electron chi connectivity index (χ1n) is 10.3. The van der Waals surface area contributed by atoms with Gasteiger partial charge < -0.3 is 15.5 Å². The quantitative estimate of drug-likeness (QED) is 0.418. The van der Waals surface area contributed by atoms with E-state index in [4.69, 9.17) is 0 Å². The van der Waals surface area contributed by atoms with Gasteiger partial charge in [0, 0.05) is 26.2 Å². The van der Waals surface area contributed by atoms with Gasteiger partial charge >= 0.3 is 6.18 Å². The summed E-state index contributed by atoms with van der Waals surface area (Å²) in [5.74, 6) is 1.30. The Hall–Kier alpha value is -1.02. The van der Waals surface area contributed by atoms with Gasteiger partial charge in [0.25, 0.3) is 0 Å². The number of halogens is 3. The van der Waals surface area contributed by atoms with Gasteiger partial charge in [0.15, 0.2) is 5.96 Å². The molecule has 0 unspecified atom stereocenters. The zero-order valence-electron chi connectivity index (χ0n) is 17.2. The monoisotopic (exact) mass is 393 g/mol. The van der Waals surface area contributed by atoms with Gasteiger partial charge in [-0.15, -0.1) is 0 Å². The molecular formula is C19H38F3N5. The van der Waals surface area contributed by atoms with Crippen LogP contribution in [0.25, 0.3) is 0 Å². The Bertz CT molecular complexity index is 407. The maximum Gasteiger partial charge on any atom is 0.401 e. The number of guanidine groups is 1. The van der Waals surface area contributed by atoms with E-state index < -0.39 is 12.7 Å². The summed E-state index contributed by atoms with van der Waals surface area (Å²) in [5.41, 5.74) is 0. The van der Waals surface area contributed by atoms with E-state index in [9.17, 15) is 13.2 Å². The Labute approximate surface area is 162 Å². The van der Waals surface area contributed by atoms with Crippen LogP contribution in [0.4, 0.5) is 13.2 Å². The van der Waals surface area contributed by atoms with E-state index >= 15 is 0 Å². The van der Waals surface area contributed by atoms with Crippen molar-refractivity contribution in [1.82, 2.24) is 20.4 Å². The summed E-state index contributed by atoms with van der Waals surface area (Å²) < 4.78 is 37.3. The fraction of sp³-hybridized carbons (Fsp3) is 0.947. The number of nitrogens with one attached hydrogen (secondary N) is 2. The molecule has 0 aromatic heterocycles. The van der Waals surface area contributed by atoms with Gasteiger partial charge in [-0.05, 0) is 65.2 Å². The molecule has 5 nitrogen and oxygen atoms in total. The summed E-state index contributed by atoms with van der Waals surface area (Å²) in [6, 6.07) is 0. The Morgan fingerprint density at radius 1 is 1.15 bits per heavy atom. The van der Waals surface area contributed by atoms with Gasteiger partial charge in [0.1, 0.15) is 0 Å². The van der Waals surface area contributed by atoms with Crippen LogP contribution in [0.3, 0.4) is 0 Å². The molecule has 1 heterocycles. The molecule has 8 heteroatoms. The van der Waals surface area contributed by atoms with Crippen molar-refractivity contribution in [3.05, 3.63) is 0 Å². The first kappa shape index (κ1) is 24.0. The number of piperidine rings is 1. The Morgan fingerprint density at radius 2 is 1.85 bits per heavy atom. The summed E-state index contributed by atoms with van der Waals surface area (Å²) in [6.45, 7) is 9.00. The van der Waals surface area contributed by atoms with Gasteiger partial charge in [-0.3, -0.25) is 9.89 Å². The Kier molecular flexibility index (Phi) is 11.7. The third-order valence-corrected chi connectivity index (χ3v) is 4.94. The van der Waals surface area contributed by atoms with Crippen molar-refractivity contribution in [2.75, 3.05) is 59.4 Å². The summed E-state index contributed by atoms with van der Waals surface area (Å²) in [6.07, 6.45) is 0.931. The van der Waals surface area contributed by atoms with E-state index in [-0.39, 0.29) is 0 Å². The smallest absolute Gasteiger partial charge is 0.357 e. The molecule has 0 bridgehead atoms. The van der Waals surface area contributed by atoms with Crippen molar-refractivity contribution in [2.24, 2.45) is 10.9 Å². The minimum Gasteiger partial charge on any atom is -0.357 e. The Morgan fingerprint density at radius 3 is 2.44 bits per heavy atom. The molecule has 0 saturated carbocycles. The predicted octanol–water partition coefficient (Wildman–Crippen LogP) is 2.94. The van der Waals surface area contributed by atoms with E-state index in [2.05, 4.69) is 34.5 Å². The average Bonchev–Trinajstić information content (AvgIpc) is 2.60. The van der Waals surface area contributed by atoms with Gasteiger partial charge in [-0.25, -0.2) is 0 Å². The highest BCUT2D eigenvalue weighted by atomic mass is 19.4. The lowest BCUT2D eigenvalue weighted by molar-refractivity contribution is -0.148. The average molecular weight is 394 g/mol. The zero-order valence-corrected chi connectivity index (χ0v) is 17.2. The number of hydrogen-bond acceptors (Lipinski definition) is 3. The van der Waals surface area contributed by atoms with Crippen LogP contribution in [-0.4, -0.2) is 81.3 Å². The van der Waals surface area contributed by atoms with E-state index in [0.717, 1.165) is 51.4 Å². The van der Waals surface area contributed by atoms with Crippen molar-refractivity contribution in [3.63, 3.8) is 0 Å². The van der Waals surface area contributed by atoms with Crippen molar-refractivity contribution in [2.45, 2.75) is 52.1 Å². The highest BCUT2D eigenvalue weighted by Crippen LogP contribution is 2.24. The van der Waals surface area contributed by atoms with Crippen LogP contribution in [0, 0.1) is 5.92 Å². The number of likely N-dealkylation sites (N-methyl/N-ethyl adjacent to an activating group) is 1. The topological polar surface area (TPSA) is 42.9 Å². The third kappa shape index (κ3) is 12.1. The number of unbranched alkanes of at least 4 members (excludes halogenated alkanes) is 1. The highest BCUT2D eigenvalue weighted by molar-refractivity contribution is 5.79. The lowest BCUT2D eigenvalue weighted by atomic mass is 9.93. The summed E-state index contributed by atoms with van der Waals surface area (Å²) in [5, 5.41) is 6.62. The van der Waals surface area contributed by atoms with Crippen LogP contribution in [0.1, 0.15) is 46.0 Å². The largest absolute Gasteiger partial charge is 0.401 e. The molecule has 0 aromatic carbocycles. The molecule has 0 atom stereocenters. The molecular weight excluding hydrogens is 355 g/mol. The molecule has 1 saturated heterocycles. The van der Waals surface area contributed by atoms with Gasteiger partial charge in [0.2, 0.25) is 0 Å². The molecule has 1 aliphatic heterocycles. The number of nitrogens with zero attached hydrogens (tertiary/aromatic N) is 3. The number of alkyl halides is 3. The number of rotatable bonds is 11. The first-order chi connectivity index (χ1) is 12.8. The number of aliphatic imine (C=N–C) groups is 1. The maximum atomic E-state index is 12.4. The summed E-state index contributed by atoms with van der Waals surface area (Å²) >= 11 is 0. The molecule has 1 aliphatic rings. The number of hydrogen-bond donors (Lipinski definition) is 2. The minimum atomic E-state index is -4.09. The zero-order chi connectivity index (χ0) is 20.1. The second-order valence-electron chi connectivity index (χ2n) is 7.47. The fourth-order valence-corrected chi connectivity index (χ4v) is 3.29. The summed E-state index contributed by atoms with van der Waals surface area (Å²) in [7, 11) is 2.13. The van der Waals surface area contributed by atoms with Gasteiger partial charge in [-0.1, -0.05) is 13.3 Å². The molecule has 160 valence electrons. The van der Waals surface area contributed by atoms with Crippen molar-refractivity contribution in [3.8, 4) is 0 Å². The van der Waals surface area contributed by atoms with E-state index in [1.54, 1.807) is 0 Å². The van der Waals surface area contributed by atoms with Gasteiger partial charge in [-0.2, -0.15) is 13.2 Å². The molecule has 1 rings (SSSR count). The maximum absolute atomic E-state index is 12.4. The molecule has 0 spiro atoms. The van der Waals surface area contributed by atoms with Crippen molar-refractivity contribution < 1.29 is 13.2 Å². The second kappa shape index (κ2) is 13.2. The molecule has 1 fully saturated rings. The van der Waals surface area contributed by atoms with Crippen LogP contribution in [0.15, 0.2) is 4.99 Å². The van der Waals surface area contributed by atoms with Crippen molar-refractivity contribution in [1.29, 1.82) is 0 Å². The molecule has 0 aromatic rings. The van der Waals surface area contributed by atoms with Crippen molar-refractivity contribution >= 4 is 5.96 Å². The molecule has 27 heavy (non-hydrogen) atoms. The Balaban J connectivity index is 2.25. The minimum absolute atomic E-state index is 0.473. The standard InChI is InChI=1S/C19H38F3N5/c1-4-6-12-26(3)15-11-25-18(23-5-2)24-10-7-17-8-13-27(14-9-17)16-19(20,21)22/h17H,4-16H2,1-3H3,(H2,23,24,25). The lowest BCUT2D eigenvalue weighted by Crippen LogP contribution is -2.41. The van der Waals surface area contributed by atoms with Crippen LogP contribution in [0.5, 0.6) is 0 Å². The van der Waals surface area contributed by atoms with E-state index in [0.29, 0.717) is 25.6 Å². The number of likely N-dealkylation sites (tertiary alicyclic amines) is 1. The van der Waals surface area contributed by atoms with E-state index in [1.165, 1.54) is 17.7 Å². The highest BCUT2D eigenvalue weighted by Gasteiger charge is 2.32. The lowest BCUT2D eigenvalue weighted by Gasteiger charge is -2.32. The van der Waals surface area contributed by atoms with Crippen LogP contribution in [-0.2, 0) is 0 Å². The molecule has 0 aliphatic carbocycles. The molecule has 2 N–H and O–H groups in total. The molecule has 0 radical (unpaired) electrons. The van der Waals surface area contributed by atoms with Gasteiger partial charge in [0.05, 0.1) is 6.54 Å². The second-order valence-corrected chi connectivity index (χ2v) is 7.47. The van der Waals surface area contributed by atoms with Crippen LogP contribution < -0.4 is 10.6 Å². The predicted molar refractivity (Wildman–Crippen MR) is 106 cm³/mol. The SMILES string of the molecule is CCCCN(C)CCNC(=NCCC1CCN(CC(F)(F)F)CC1)NCC. The van der Waals surface area contributed by atoms with Crippen LogP contribution >= 0.6 is 0 Å². The van der Waals surface area contributed by atoms with Crippen LogP contribution in [0.2, 0.25) is 0 Å². The first-order valence-corrected chi connectivity index (χ1v) is 10.3. The third-order valence-electron chi connectivity index (χ3n) is 4.94. The molecule has 0 amide bonds. The summed E-state index contributed by atoms with van der Waals surface area (Å²) in [4.78, 5) is 8.46. The normalized spacial score (nSPS) is 17.5. The van der Waals surface area contributed by atoms with E-state index in [1.807, 2.05) is 6.92 Å².